The summed E-state index contributed by atoms with van der Waals surface area (Å²) in [7, 11) is 0. The third-order valence-corrected chi connectivity index (χ3v) is 4.50. The molecule has 0 radical (unpaired) electrons. The Bertz CT molecular complexity index is 544. The molecule has 1 heterocycles. The molecule has 0 spiro atoms. The lowest BCUT2D eigenvalue weighted by Crippen LogP contribution is -2.40. The van der Waals surface area contributed by atoms with E-state index in [1.807, 2.05) is 0 Å². The molecule has 1 unspecified atom stereocenters. The lowest BCUT2D eigenvalue weighted by Gasteiger charge is -2.30. The maximum atomic E-state index is 10.4. The van der Waals surface area contributed by atoms with Gasteiger partial charge in [0.05, 0.1) is 12.6 Å². The van der Waals surface area contributed by atoms with Crippen LogP contribution in [0.1, 0.15) is 38.3 Å². The van der Waals surface area contributed by atoms with Gasteiger partial charge in [-0.1, -0.05) is 38.1 Å². The van der Waals surface area contributed by atoms with Gasteiger partial charge in [-0.05, 0) is 36.8 Å². The van der Waals surface area contributed by atoms with Crippen molar-refractivity contribution in [1.82, 2.24) is 15.5 Å². The summed E-state index contributed by atoms with van der Waals surface area (Å²) >= 11 is 0. The number of hydrogen-bond donors (Lipinski definition) is 3. The van der Waals surface area contributed by atoms with Gasteiger partial charge in [0.15, 0.2) is 5.96 Å². The number of β-amino-alcohol motifs (C(OH)–C–C–N with tert-alkyl or cyclic N) is 1. The Balaban J connectivity index is 1.79. The van der Waals surface area contributed by atoms with Gasteiger partial charge < -0.3 is 15.7 Å². The second-order valence-electron chi connectivity index (χ2n) is 7.24. The van der Waals surface area contributed by atoms with E-state index in [-0.39, 0.29) is 0 Å². The molecule has 0 saturated heterocycles. The van der Waals surface area contributed by atoms with E-state index in [1.165, 1.54) is 11.1 Å². The van der Waals surface area contributed by atoms with Gasteiger partial charge in [-0.3, -0.25) is 9.89 Å². The van der Waals surface area contributed by atoms with Crippen LogP contribution in [-0.2, 0) is 13.0 Å². The highest BCUT2D eigenvalue weighted by Crippen LogP contribution is 2.18. The van der Waals surface area contributed by atoms with E-state index in [9.17, 15) is 5.11 Å². The highest BCUT2D eigenvalue weighted by Gasteiger charge is 2.18. The van der Waals surface area contributed by atoms with E-state index in [0.29, 0.717) is 19.0 Å². The van der Waals surface area contributed by atoms with Gasteiger partial charge in [-0.15, -0.1) is 0 Å². The van der Waals surface area contributed by atoms with Crippen LogP contribution in [0.4, 0.5) is 0 Å². The Morgan fingerprint density at radius 2 is 2.00 bits per heavy atom. The number of hydrogen-bond acceptors (Lipinski definition) is 3. The summed E-state index contributed by atoms with van der Waals surface area (Å²) in [5, 5.41) is 17.0. The fraction of sp³-hybridized carbons (Fsp3) is 0.650. The average molecular weight is 347 g/mol. The topological polar surface area (TPSA) is 59.9 Å². The van der Waals surface area contributed by atoms with Crippen molar-refractivity contribution < 1.29 is 5.11 Å². The lowest BCUT2D eigenvalue weighted by molar-refractivity contribution is 0.111. The van der Waals surface area contributed by atoms with Crippen LogP contribution in [0.2, 0.25) is 0 Å². The molecule has 0 aliphatic carbocycles. The Morgan fingerprint density at radius 3 is 2.72 bits per heavy atom. The zero-order valence-corrected chi connectivity index (χ0v) is 16.0. The third-order valence-electron chi connectivity index (χ3n) is 4.50. The van der Waals surface area contributed by atoms with Crippen LogP contribution in [0.3, 0.4) is 0 Å². The van der Waals surface area contributed by atoms with Crippen LogP contribution < -0.4 is 10.6 Å². The minimum atomic E-state index is -0.439. The molecule has 0 fully saturated rings. The molecule has 0 amide bonds. The zero-order chi connectivity index (χ0) is 18.1. The van der Waals surface area contributed by atoms with E-state index >= 15 is 0 Å². The molecule has 140 valence electrons. The summed E-state index contributed by atoms with van der Waals surface area (Å²) in [6, 6.07) is 8.59. The first kappa shape index (κ1) is 19.7. The minimum Gasteiger partial charge on any atom is -0.390 e. The molecule has 1 aliphatic heterocycles. The predicted octanol–water partition coefficient (Wildman–Crippen LogP) is 2.01. The maximum absolute atomic E-state index is 10.4. The average Bonchev–Trinajstić information content (AvgIpc) is 2.59. The first-order valence-electron chi connectivity index (χ1n) is 9.57. The number of aliphatic imine (C=N–C) groups is 1. The SMILES string of the molecule is CCNC(=NCC(O)CN1CCc2ccccc2C1)NCCC(C)C. The molecule has 3 N–H and O–H groups in total. The Labute approximate surface area is 152 Å². The molecule has 1 atom stereocenters. The van der Waals surface area contributed by atoms with Gasteiger partial charge in [-0.2, -0.15) is 0 Å². The molecular formula is C20H34N4O. The molecule has 0 aromatic heterocycles. The van der Waals surface area contributed by atoms with Crippen molar-refractivity contribution in [3.63, 3.8) is 0 Å². The first-order valence-corrected chi connectivity index (χ1v) is 9.57. The predicted molar refractivity (Wildman–Crippen MR) is 105 cm³/mol. The second-order valence-corrected chi connectivity index (χ2v) is 7.24. The number of fused-ring (bicyclic) bond motifs is 1. The van der Waals surface area contributed by atoms with E-state index in [1.54, 1.807) is 0 Å². The highest BCUT2D eigenvalue weighted by molar-refractivity contribution is 5.79. The smallest absolute Gasteiger partial charge is 0.191 e. The normalized spacial score (nSPS) is 16.6. The fourth-order valence-electron chi connectivity index (χ4n) is 3.08. The highest BCUT2D eigenvalue weighted by atomic mass is 16.3. The monoisotopic (exact) mass is 346 g/mol. The van der Waals surface area contributed by atoms with Crippen molar-refractivity contribution in [3.05, 3.63) is 35.4 Å². The molecule has 2 rings (SSSR count). The van der Waals surface area contributed by atoms with Gasteiger partial charge in [0.2, 0.25) is 0 Å². The van der Waals surface area contributed by atoms with E-state index in [4.69, 9.17) is 0 Å². The van der Waals surface area contributed by atoms with Gasteiger partial charge in [0.25, 0.3) is 0 Å². The molecule has 1 aliphatic rings. The van der Waals surface area contributed by atoms with Crippen molar-refractivity contribution in [2.75, 3.05) is 32.7 Å². The molecule has 1 aromatic carbocycles. The van der Waals surface area contributed by atoms with Gasteiger partial charge >= 0.3 is 0 Å². The Kier molecular flexibility index (Phi) is 8.22. The largest absolute Gasteiger partial charge is 0.390 e. The molecule has 25 heavy (non-hydrogen) atoms. The van der Waals surface area contributed by atoms with Gasteiger partial charge in [0.1, 0.15) is 0 Å². The summed E-state index contributed by atoms with van der Waals surface area (Å²) in [6.07, 6.45) is 1.73. The summed E-state index contributed by atoms with van der Waals surface area (Å²) in [6.45, 7) is 11.2. The summed E-state index contributed by atoms with van der Waals surface area (Å²) in [5.74, 6) is 1.47. The number of nitrogens with one attached hydrogen (secondary N) is 2. The van der Waals surface area contributed by atoms with Gasteiger partial charge in [0, 0.05) is 32.7 Å². The third kappa shape index (κ3) is 7.04. The standard InChI is InChI=1S/C20H34N4O/c1-4-21-20(22-11-9-16(2)3)23-13-19(25)15-24-12-10-17-7-5-6-8-18(17)14-24/h5-8,16,19,25H,4,9-15H2,1-3H3,(H2,21,22,23). The second kappa shape index (κ2) is 10.4. The molecule has 0 saturated carbocycles. The number of guanidine groups is 1. The first-order chi connectivity index (χ1) is 12.1. The van der Waals surface area contributed by atoms with Crippen molar-refractivity contribution in [1.29, 1.82) is 0 Å². The molecular weight excluding hydrogens is 312 g/mol. The Hall–Kier alpha value is -1.59. The maximum Gasteiger partial charge on any atom is 0.191 e. The lowest BCUT2D eigenvalue weighted by atomic mass is 10.00. The zero-order valence-electron chi connectivity index (χ0n) is 16.0. The number of rotatable bonds is 8. The summed E-state index contributed by atoms with van der Waals surface area (Å²) in [5.41, 5.74) is 2.82. The van der Waals surface area contributed by atoms with Crippen molar-refractivity contribution in [2.45, 2.75) is 46.3 Å². The number of nitrogens with zero attached hydrogens (tertiary/aromatic N) is 2. The number of aliphatic hydroxyl groups excluding tert-OH is 1. The van der Waals surface area contributed by atoms with E-state index in [0.717, 1.165) is 45.0 Å². The molecule has 5 heteroatoms. The number of benzene rings is 1. The summed E-state index contributed by atoms with van der Waals surface area (Å²) in [4.78, 5) is 6.86. The quantitative estimate of drug-likeness (QED) is 0.498. The number of aliphatic hydroxyl groups is 1. The van der Waals surface area contributed by atoms with Crippen LogP contribution >= 0.6 is 0 Å². The van der Waals surface area contributed by atoms with E-state index < -0.39 is 6.10 Å². The molecule has 0 bridgehead atoms. The van der Waals surface area contributed by atoms with Crippen LogP contribution in [0.5, 0.6) is 0 Å². The van der Waals surface area contributed by atoms with Crippen LogP contribution in [0.25, 0.3) is 0 Å². The van der Waals surface area contributed by atoms with Crippen LogP contribution in [-0.4, -0.2) is 54.8 Å². The van der Waals surface area contributed by atoms with Crippen molar-refractivity contribution in [3.8, 4) is 0 Å². The fourth-order valence-corrected chi connectivity index (χ4v) is 3.08. The van der Waals surface area contributed by atoms with Crippen molar-refractivity contribution in [2.24, 2.45) is 10.9 Å². The minimum absolute atomic E-state index is 0.426. The van der Waals surface area contributed by atoms with Gasteiger partial charge in [-0.25, -0.2) is 0 Å². The molecule has 1 aromatic rings. The van der Waals surface area contributed by atoms with E-state index in [2.05, 4.69) is 65.6 Å². The van der Waals surface area contributed by atoms with Crippen molar-refractivity contribution >= 4 is 5.96 Å². The molecule has 5 nitrogen and oxygen atoms in total. The van der Waals surface area contributed by atoms with Crippen LogP contribution in [0, 0.1) is 5.92 Å². The Morgan fingerprint density at radius 1 is 1.24 bits per heavy atom. The summed E-state index contributed by atoms with van der Waals surface area (Å²) < 4.78 is 0. The van der Waals surface area contributed by atoms with Crippen LogP contribution in [0.15, 0.2) is 29.3 Å².